The summed E-state index contributed by atoms with van der Waals surface area (Å²) in [5.41, 5.74) is 1.11. The SMILES string of the molecule is Cc1csc(N2CCCN(CCOCCO)CC2)n1. The molecule has 0 saturated carbocycles. The Balaban J connectivity index is 1.75. The largest absolute Gasteiger partial charge is 0.394 e. The van der Waals surface area contributed by atoms with Crippen molar-refractivity contribution in [3.8, 4) is 0 Å². The lowest BCUT2D eigenvalue weighted by atomic mass is 10.4. The van der Waals surface area contributed by atoms with Crippen molar-refractivity contribution < 1.29 is 9.84 Å². The van der Waals surface area contributed by atoms with Gasteiger partial charge >= 0.3 is 0 Å². The van der Waals surface area contributed by atoms with E-state index >= 15 is 0 Å². The Kier molecular flexibility index (Phi) is 6.03. The maximum Gasteiger partial charge on any atom is 0.185 e. The van der Waals surface area contributed by atoms with E-state index in [4.69, 9.17) is 9.84 Å². The number of anilines is 1. The van der Waals surface area contributed by atoms with Crippen molar-refractivity contribution in [1.82, 2.24) is 9.88 Å². The van der Waals surface area contributed by atoms with E-state index in [0.717, 1.165) is 43.5 Å². The average molecular weight is 285 g/mol. The first-order chi connectivity index (χ1) is 9.29. The molecular formula is C13H23N3O2S. The van der Waals surface area contributed by atoms with Crippen LogP contribution in [0.5, 0.6) is 0 Å². The summed E-state index contributed by atoms with van der Waals surface area (Å²) >= 11 is 1.73. The number of hydrogen-bond acceptors (Lipinski definition) is 6. The van der Waals surface area contributed by atoms with Crippen LogP contribution in [0.2, 0.25) is 0 Å². The molecule has 1 N–H and O–H groups in total. The summed E-state index contributed by atoms with van der Waals surface area (Å²) in [5.74, 6) is 0. The quantitative estimate of drug-likeness (QED) is 0.789. The van der Waals surface area contributed by atoms with Gasteiger partial charge in [0.2, 0.25) is 0 Å². The molecule has 0 spiro atoms. The first kappa shape index (κ1) is 14.7. The zero-order chi connectivity index (χ0) is 13.5. The number of nitrogens with zero attached hydrogens (tertiary/aromatic N) is 3. The molecule has 0 amide bonds. The number of hydrogen-bond donors (Lipinski definition) is 1. The minimum atomic E-state index is 0.108. The molecule has 1 fully saturated rings. The van der Waals surface area contributed by atoms with Crippen LogP contribution in [0.1, 0.15) is 12.1 Å². The van der Waals surface area contributed by atoms with Gasteiger partial charge in [0, 0.05) is 31.6 Å². The molecule has 2 rings (SSSR count). The van der Waals surface area contributed by atoms with E-state index in [0.29, 0.717) is 13.2 Å². The van der Waals surface area contributed by atoms with Gasteiger partial charge in [-0.2, -0.15) is 0 Å². The van der Waals surface area contributed by atoms with E-state index in [9.17, 15) is 0 Å². The Morgan fingerprint density at radius 2 is 2.21 bits per heavy atom. The predicted octanol–water partition coefficient (Wildman–Crippen LogP) is 0.973. The van der Waals surface area contributed by atoms with Gasteiger partial charge in [0.1, 0.15) is 0 Å². The van der Waals surface area contributed by atoms with Crippen molar-refractivity contribution in [3.05, 3.63) is 11.1 Å². The van der Waals surface area contributed by atoms with Crippen LogP contribution >= 0.6 is 11.3 Å². The number of aromatic nitrogens is 1. The topological polar surface area (TPSA) is 48.8 Å². The Morgan fingerprint density at radius 3 is 2.95 bits per heavy atom. The highest BCUT2D eigenvalue weighted by Crippen LogP contribution is 2.21. The molecule has 19 heavy (non-hydrogen) atoms. The maximum absolute atomic E-state index is 8.66. The second-order valence-electron chi connectivity index (χ2n) is 4.79. The third-order valence-electron chi connectivity index (χ3n) is 3.25. The maximum atomic E-state index is 8.66. The van der Waals surface area contributed by atoms with Crippen LogP contribution in [0.4, 0.5) is 5.13 Å². The molecule has 6 heteroatoms. The minimum Gasteiger partial charge on any atom is -0.394 e. The summed E-state index contributed by atoms with van der Waals surface area (Å²) in [6.45, 7) is 8.54. The van der Waals surface area contributed by atoms with E-state index in [1.54, 1.807) is 11.3 Å². The van der Waals surface area contributed by atoms with Crippen LogP contribution in [-0.2, 0) is 4.74 Å². The van der Waals surface area contributed by atoms with Crippen LogP contribution in [0.3, 0.4) is 0 Å². The van der Waals surface area contributed by atoms with E-state index in [1.807, 2.05) is 6.92 Å². The van der Waals surface area contributed by atoms with E-state index in [1.165, 1.54) is 6.42 Å². The second kappa shape index (κ2) is 7.79. The van der Waals surface area contributed by atoms with Crippen LogP contribution in [0.25, 0.3) is 0 Å². The van der Waals surface area contributed by atoms with Crippen molar-refractivity contribution in [1.29, 1.82) is 0 Å². The number of aryl methyl sites for hydroxylation is 1. The van der Waals surface area contributed by atoms with Gasteiger partial charge in [0.25, 0.3) is 0 Å². The molecule has 1 aliphatic rings. The van der Waals surface area contributed by atoms with Gasteiger partial charge in [-0.15, -0.1) is 11.3 Å². The van der Waals surface area contributed by atoms with Crippen LogP contribution < -0.4 is 4.90 Å². The van der Waals surface area contributed by atoms with Crippen LogP contribution in [0, 0.1) is 6.92 Å². The molecule has 5 nitrogen and oxygen atoms in total. The van der Waals surface area contributed by atoms with Crippen molar-refractivity contribution >= 4 is 16.5 Å². The lowest BCUT2D eigenvalue weighted by Gasteiger charge is -2.21. The summed E-state index contributed by atoms with van der Waals surface area (Å²) in [6, 6.07) is 0. The average Bonchev–Trinajstić information content (AvgIpc) is 2.71. The smallest absolute Gasteiger partial charge is 0.185 e. The number of thiazole rings is 1. The second-order valence-corrected chi connectivity index (χ2v) is 5.63. The molecular weight excluding hydrogens is 262 g/mol. The Hall–Kier alpha value is -0.690. The summed E-state index contributed by atoms with van der Waals surface area (Å²) < 4.78 is 5.33. The number of rotatable bonds is 6. The number of ether oxygens (including phenoxy) is 1. The fraction of sp³-hybridized carbons (Fsp3) is 0.769. The number of aliphatic hydroxyl groups excluding tert-OH is 1. The summed E-state index contributed by atoms with van der Waals surface area (Å²) in [7, 11) is 0. The van der Waals surface area contributed by atoms with Gasteiger partial charge in [-0.05, 0) is 19.9 Å². The first-order valence-electron chi connectivity index (χ1n) is 6.87. The molecule has 0 aromatic carbocycles. The highest BCUT2D eigenvalue weighted by atomic mass is 32.1. The third kappa shape index (κ3) is 4.72. The predicted molar refractivity (Wildman–Crippen MR) is 78.0 cm³/mol. The van der Waals surface area contributed by atoms with Gasteiger partial charge in [-0.1, -0.05) is 0 Å². The first-order valence-corrected chi connectivity index (χ1v) is 7.75. The van der Waals surface area contributed by atoms with Crippen LogP contribution in [0.15, 0.2) is 5.38 Å². The van der Waals surface area contributed by atoms with Crippen molar-refractivity contribution in [2.24, 2.45) is 0 Å². The van der Waals surface area contributed by atoms with Gasteiger partial charge < -0.3 is 14.7 Å². The van der Waals surface area contributed by atoms with E-state index in [-0.39, 0.29) is 6.61 Å². The molecule has 0 radical (unpaired) electrons. The molecule has 1 aromatic rings. The molecule has 1 aliphatic heterocycles. The van der Waals surface area contributed by atoms with Crippen molar-refractivity contribution in [2.45, 2.75) is 13.3 Å². The standard InChI is InChI=1S/C13H23N3O2S/c1-12-11-19-13(14-12)16-4-2-3-15(5-6-16)7-9-18-10-8-17/h11,17H,2-10H2,1H3. The highest BCUT2D eigenvalue weighted by Gasteiger charge is 2.16. The molecule has 0 aliphatic carbocycles. The molecule has 0 bridgehead atoms. The Bertz CT molecular complexity index is 373. The lowest BCUT2D eigenvalue weighted by Crippen LogP contribution is -2.33. The minimum absolute atomic E-state index is 0.108. The normalized spacial score (nSPS) is 17.7. The zero-order valence-corrected chi connectivity index (χ0v) is 12.4. The molecule has 0 unspecified atom stereocenters. The molecule has 1 saturated heterocycles. The van der Waals surface area contributed by atoms with Crippen molar-refractivity contribution in [3.63, 3.8) is 0 Å². The van der Waals surface area contributed by atoms with E-state index in [2.05, 4.69) is 20.2 Å². The number of aliphatic hydroxyl groups is 1. The molecule has 2 heterocycles. The van der Waals surface area contributed by atoms with Gasteiger partial charge in [0.05, 0.1) is 25.5 Å². The van der Waals surface area contributed by atoms with Gasteiger partial charge in [-0.3, -0.25) is 4.90 Å². The van der Waals surface area contributed by atoms with Gasteiger partial charge in [0.15, 0.2) is 5.13 Å². The van der Waals surface area contributed by atoms with Gasteiger partial charge in [-0.25, -0.2) is 4.98 Å². The zero-order valence-electron chi connectivity index (χ0n) is 11.5. The van der Waals surface area contributed by atoms with E-state index < -0.39 is 0 Å². The lowest BCUT2D eigenvalue weighted by molar-refractivity contribution is 0.0750. The molecule has 0 atom stereocenters. The fourth-order valence-corrected chi connectivity index (χ4v) is 3.09. The summed E-state index contributed by atoms with van der Waals surface area (Å²) in [6.07, 6.45) is 1.17. The summed E-state index contributed by atoms with van der Waals surface area (Å²) in [4.78, 5) is 9.37. The Labute approximate surface area is 118 Å². The summed E-state index contributed by atoms with van der Waals surface area (Å²) in [5, 5.41) is 11.9. The molecule has 1 aromatic heterocycles. The molecule has 108 valence electrons. The van der Waals surface area contributed by atoms with Crippen LogP contribution in [-0.4, -0.2) is 67.5 Å². The van der Waals surface area contributed by atoms with Crippen molar-refractivity contribution in [2.75, 3.05) is 57.4 Å². The fourth-order valence-electron chi connectivity index (χ4n) is 2.23. The Morgan fingerprint density at radius 1 is 1.32 bits per heavy atom. The highest BCUT2D eigenvalue weighted by molar-refractivity contribution is 7.13. The monoisotopic (exact) mass is 285 g/mol. The third-order valence-corrected chi connectivity index (χ3v) is 4.27.